The number of unbranched alkanes of at least 4 members (excludes halogenated alkanes) is 1. The summed E-state index contributed by atoms with van der Waals surface area (Å²) < 4.78 is 40.1. The van der Waals surface area contributed by atoms with Crippen LogP contribution >= 0.6 is 7.37 Å². The minimum absolute atomic E-state index is 0.0163. The molecule has 2 aromatic carbocycles. The normalized spacial score (nSPS) is 23.2. The number of halogens is 2. The Morgan fingerprint density at radius 2 is 1.81 bits per heavy atom. The lowest BCUT2D eigenvalue weighted by Crippen LogP contribution is -2.49. The lowest BCUT2D eigenvalue weighted by atomic mass is 9.97. The highest BCUT2D eigenvalue weighted by molar-refractivity contribution is 7.64. The van der Waals surface area contributed by atoms with Crippen LogP contribution in [-0.2, 0) is 15.9 Å². The molecule has 0 aromatic heterocycles. The second kappa shape index (κ2) is 9.30. The maximum atomic E-state index is 13.9. The zero-order chi connectivity index (χ0) is 22.6. The topological polar surface area (TPSA) is 104 Å². The second-order valence-electron chi connectivity index (χ2n) is 7.72. The summed E-state index contributed by atoms with van der Waals surface area (Å²) in [5.74, 6) is -1.14. The van der Waals surface area contributed by atoms with Gasteiger partial charge in [-0.1, -0.05) is 24.6 Å². The van der Waals surface area contributed by atoms with E-state index in [1.807, 2.05) is 0 Å². The quantitative estimate of drug-likeness (QED) is 0.413. The summed E-state index contributed by atoms with van der Waals surface area (Å²) in [7, 11) is -4.11. The summed E-state index contributed by atoms with van der Waals surface area (Å²) in [6.45, 7) is 0.383. The number of carboxylic acid groups (broad SMARTS) is 1. The number of hydrogen-bond donors (Lipinski definition) is 3. The van der Waals surface area contributed by atoms with E-state index in [9.17, 15) is 28.1 Å². The van der Waals surface area contributed by atoms with Crippen LogP contribution in [0.5, 0.6) is 0 Å². The maximum absolute atomic E-state index is 13.9. The smallest absolute Gasteiger partial charge is 0.321 e. The molecule has 0 spiro atoms. The van der Waals surface area contributed by atoms with Crippen LogP contribution in [0.4, 0.5) is 8.78 Å². The van der Waals surface area contributed by atoms with Crippen molar-refractivity contribution >= 4 is 13.3 Å². The van der Waals surface area contributed by atoms with Gasteiger partial charge in [0.15, 0.2) is 5.16 Å². The van der Waals surface area contributed by atoms with Crippen molar-refractivity contribution in [2.24, 2.45) is 5.73 Å². The Labute approximate surface area is 179 Å². The monoisotopic (exact) mass is 450 g/mol. The highest BCUT2D eigenvalue weighted by Gasteiger charge is 2.54. The number of carbonyl (C=O) groups is 1. The van der Waals surface area contributed by atoms with Crippen LogP contribution in [0.2, 0.25) is 0 Å². The van der Waals surface area contributed by atoms with Gasteiger partial charge in [0.1, 0.15) is 11.6 Å². The van der Waals surface area contributed by atoms with E-state index in [4.69, 9.17) is 5.73 Å². The molecule has 9 heteroatoms. The van der Waals surface area contributed by atoms with Gasteiger partial charge in [0.25, 0.3) is 0 Å². The first-order chi connectivity index (χ1) is 14.7. The zero-order valence-corrected chi connectivity index (χ0v) is 17.8. The van der Waals surface area contributed by atoms with Crippen LogP contribution in [0.3, 0.4) is 0 Å². The Morgan fingerprint density at radius 3 is 2.45 bits per heavy atom. The molecule has 0 aliphatic carbocycles. The summed E-state index contributed by atoms with van der Waals surface area (Å²) in [6, 6.07) is 9.83. The third-order valence-electron chi connectivity index (χ3n) is 5.60. The van der Waals surface area contributed by atoms with E-state index in [0.717, 1.165) is 5.82 Å². The van der Waals surface area contributed by atoms with E-state index in [0.29, 0.717) is 36.1 Å². The third kappa shape index (κ3) is 4.87. The van der Waals surface area contributed by atoms with Crippen molar-refractivity contribution in [2.75, 3.05) is 13.1 Å². The third-order valence-corrected chi connectivity index (χ3v) is 7.92. The standard InChI is InChI=1S/C22H25F2N2O4P/c23-18-6-3-16(4-7-18)20-13-19(24)8-5-17(20)14-26-11-12-31(29,30)22(15-26,21(27)28)9-1-2-10-25/h3-8,11-13H,1-2,9-10,14-15,25H2,(H,27,28)(H,29,30)/t22-/m0/s1. The van der Waals surface area contributed by atoms with Crippen molar-refractivity contribution in [3.8, 4) is 11.1 Å². The molecule has 0 radical (unpaired) electrons. The number of carboxylic acids is 1. The van der Waals surface area contributed by atoms with Gasteiger partial charge in [0.2, 0.25) is 7.37 Å². The van der Waals surface area contributed by atoms with E-state index in [-0.39, 0.29) is 19.5 Å². The predicted molar refractivity (Wildman–Crippen MR) is 114 cm³/mol. The van der Waals surface area contributed by atoms with Gasteiger partial charge >= 0.3 is 5.97 Å². The van der Waals surface area contributed by atoms with Crippen molar-refractivity contribution in [3.05, 3.63) is 71.7 Å². The molecule has 1 unspecified atom stereocenters. The van der Waals surface area contributed by atoms with E-state index in [1.165, 1.54) is 42.6 Å². The Kier molecular flexibility index (Phi) is 6.94. The summed E-state index contributed by atoms with van der Waals surface area (Å²) in [5, 5.41) is 8.05. The Balaban J connectivity index is 1.94. The number of hydrogen-bond acceptors (Lipinski definition) is 4. The molecular formula is C22H25F2N2O4P. The van der Waals surface area contributed by atoms with Crippen molar-refractivity contribution < 1.29 is 28.1 Å². The first-order valence-electron chi connectivity index (χ1n) is 9.92. The van der Waals surface area contributed by atoms with Crippen molar-refractivity contribution in [2.45, 2.75) is 31.0 Å². The van der Waals surface area contributed by atoms with E-state index < -0.39 is 30.1 Å². The highest BCUT2D eigenvalue weighted by atomic mass is 31.2. The molecule has 6 nitrogen and oxygen atoms in total. The lowest BCUT2D eigenvalue weighted by molar-refractivity contribution is -0.141. The molecule has 0 bridgehead atoms. The van der Waals surface area contributed by atoms with Crippen molar-refractivity contribution in [1.29, 1.82) is 0 Å². The van der Waals surface area contributed by atoms with Gasteiger partial charge < -0.3 is 20.6 Å². The minimum atomic E-state index is -4.11. The molecular weight excluding hydrogens is 425 g/mol. The van der Waals surface area contributed by atoms with E-state index >= 15 is 0 Å². The maximum Gasteiger partial charge on any atom is 0.321 e. The van der Waals surface area contributed by atoms with Gasteiger partial charge in [-0.2, -0.15) is 0 Å². The highest BCUT2D eigenvalue weighted by Crippen LogP contribution is 2.60. The molecule has 0 amide bonds. The molecule has 1 aliphatic rings. The molecule has 166 valence electrons. The van der Waals surface area contributed by atoms with E-state index in [2.05, 4.69) is 0 Å². The number of nitrogens with zero attached hydrogens (tertiary/aromatic N) is 1. The summed E-state index contributed by atoms with van der Waals surface area (Å²) in [4.78, 5) is 24.3. The molecule has 1 heterocycles. The van der Waals surface area contributed by atoms with Gasteiger partial charge in [-0.25, -0.2) is 8.78 Å². The first-order valence-corrected chi connectivity index (χ1v) is 11.7. The van der Waals surface area contributed by atoms with Crippen LogP contribution in [0, 0.1) is 11.6 Å². The van der Waals surface area contributed by atoms with Gasteiger partial charge in [-0.3, -0.25) is 9.36 Å². The molecule has 3 rings (SSSR count). The number of benzene rings is 2. The second-order valence-corrected chi connectivity index (χ2v) is 10.1. The Bertz CT molecular complexity index is 1030. The lowest BCUT2D eigenvalue weighted by Gasteiger charge is -2.40. The van der Waals surface area contributed by atoms with Gasteiger partial charge in [-0.15, -0.1) is 0 Å². The minimum Gasteiger partial charge on any atom is -0.480 e. The summed E-state index contributed by atoms with van der Waals surface area (Å²) in [5.41, 5.74) is 7.32. The van der Waals surface area contributed by atoms with Crippen LogP contribution in [0.1, 0.15) is 24.8 Å². The molecule has 0 fully saturated rings. The van der Waals surface area contributed by atoms with Crippen LogP contribution < -0.4 is 5.73 Å². The average molecular weight is 450 g/mol. The fourth-order valence-corrected chi connectivity index (χ4v) is 5.63. The number of rotatable bonds is 8. The molecule has 4 N–H and O–H groups in total. The van der Waals surface area contributed by atoms with Crippen LogP contribution in [-0.4, -0.2) is 39.1 Å². The molecule has 0 saturated carbocycles. The average Bonchev–Trinajstić information content (AvgIpc) is 2.72. The molecule has 2 aromatic rings. The molecule has 2 atom stereocenters. The van der Waals surface area contributed by atoms with Gasteiger partial charge in [-0.05, 0) is 60.3 Å². The van der Waals surface area contributed by atoms with E-state index in [1.54, 1.807) is 11.0 Å². The first kappa shape index (κ1) is 23.1. The fraction of sp³-hybridized carbons (Fsp3) is 0.318. The molecule has 1 aliphatic heterocycles. The Morgan fingerprint density at radius 1 is 1.13 bits per heavy atom. The van der Waals surface area contributed by atoms with Gasteiger partial charge in [0.05, 0.1) is 0 Å². The van der Waals surface area contributed by atoms with Crippen LogP contribution in [0.15, 0.2) is 54.5 Å². The molecule has 31 heavy (non-hydrogen) atoms. The molecule has 0 saturated heterocycles. The SMILES string of the molecule is NCCCC[C@@]1(C(=O)O)CN(Cc2ccc(F)cc2-c2ccc(F)cc2)C=CP1(=O)O. The Hall–Kier alpha value is -2.54. The number of nitrogens with two attached hydrogens (primary N) is 1. The summed E-state index contributed by atoms with van der Waals surface area (Å²) >= 11 is 0. The van der Waals surface area contributed by atoms with Crippen molar-refractivity contribution in [3.63, 3.8) is 0 Å². The summed E-state index contributed by atoms with van der Waals surface area (Å²) in [6.07, 6.45) is 2.39. The number of aliphatic carboxylic acids is 1. The zero-order valence-electron chi connectivity index (χ0n) is 16.9. The van der Waals surface area contributed by atoms with Crippen LogP contribution in [0.25, 0.3) is 11.1 Å². The predicted octanol–water partition coefficient (Wildman–Crippen LogP) is 4.14. The van der Waals surface area contributed by atoms with Gasteiger partial charge in [0, 0.05) is 25.1 Å². The largest absolute Gasteiger partial charge is 0.480 e. The van der Waals surface area contributed by atoms with Crippen molar-refractivity contribution in [1.82, 2.24) is 4.90 Å². The fourth-order valence-electron chi connectivity index (χ4n) is 3.84.